The van der Waals surface area contributed by atoms with Gasteiger partial charge >= 0.3 is 42.1 Å². The van der Waals surface area contributed by atoms with E-state index in [4.69, 9.17) is 0 Å². The Bertz CT molecular complexity index is 401. The van der Waals surface area contributed by atoms with Gasteiger partial charge in [0.2, 0.25) is 5.52 Å². The van der Waals surface area contributed by atoms with Crippen molar-refractivity contribution in [2.75, 3.05) is 0 Å². The summed E-state index contributed by atoms with van der Waals surface area (Å²) in [5.74, 6) is 0. The molecule has 0 amide bonds. The van der Waals surface area contributed by atoms with Crippen LogP contribution in [0.15, 0.2) is 42.6 Å². The molecule has 2 rings (SSSR count). The molecule has 1 aromatic carbocycles. The van der Waals surface area contributed by atoms with Gasteiger partial charge in [-0.05, 0) is 12.1 Å². The average molecular weight is 431 g/mol. The van der Waals surface area contributed by atoms with Crippen molar-refractivity contribution in [2.45, 2.75) is 0 Å². The summed E-state index contributed by atoms with van der Waals surface area (Å²) in [6.45, 7) is 0. The molecule has 0 N–H and O–H groups in total. The van der Waals surface area contributed by atoms with Crippen LogP contribution in [0.3, 0.4) is 0 Å². The molecule has 1 aromatic heterocycles. The fourth-order valence-electron chi connectivity index (χ4n) is 1.31. The Hall–Kier alpha value is 0.320. The van der Waals surface area contributed by atoms with E-state index < -0.39 is 0 Å². The summed E-state index contributed by atoms with van der Waals surface area (Å²) in [6.07, 6.45) is 2.06. The van der Waals surface area contributed by atoms with E-state index in [1.54, 1.807) is 0 Å². The minimum Gasteiger partial charge on any atom is -0.201 e. The Kier molecular flexibility index (Phi) is 5.96. The Morgan fingerprint density at radius 3 is 2.29 bits per heavy atom. The molecule has 1 heterocycles. The summed E-state index contributed by atoms with van der Waals surface area (Å²) in [4.78, 5) is 0. The van der Waals surface area contributed by atoms with Gasteiger partial charge in [0.25, 0.3) is 0 Å². The first-order valence-corrected chi connectivity index (χ1v) is 13.7. The molecule has 0 unspecified atom stereocenters. The quantitative estimate of drug-likeness (QED) is 0.420. The number of aromatic nitrogens is 1. The van der Waals surface area contributed by atoms with Gasteiger partial charge in [-0.1, -0.05) is 12.1 Å². The van der Waals surface area contributed by atoms with Gasteiger partial charge in [0.05, 0.1) is 0 Å². The number of pyridine rings is 1. The standard InChI is InChI=1S/C10H10N.Br2I/c1-11-8-4-6-9-5-2-3-7-10(9)11;1-3-2/h2-8H,1H3;/q+1;-1. The summed E-state index contributed by atoms with van der Waals surface area (Å²) in [5.41, 5.74) is 1.27. The zero-order chi connectivity index (χ0) is 10.4. The predicted molar refractivity (Wildman–Crippen MR) is 63.0 cm³/mol. The van der Waals surface area contributed by atoms with Crippen LogP contribution in [-0.4, -0.2) is 0 Å². The van der Waals surface area contributed by atoms with Crippen LogP contribution in [0.25, 0.3) is 10.9 Å². The smallest absolute Gasteiger partial charge is 0.201 e. The SMILES string of the molecule is Br[I-]Br.C[n+]1cccc2ccccc21. The third-order valence-corrected chi connectivity index (χ3v) is 1.90. The van der Waals surface area contributed by atoms with Gasteiger partial charge in [-0.2, -0.15) is 0 Å². The Balaban J connectivity index is 0.000000293. The Labute approximate surface area is 106 Å². The van der Waals surface area contributed by atoms with E-state index in [0.717, 1.165) is 0 Å². The maximum atomic E-state index is 3.17. The van der Waals surface area contributed by atoms with Crippen molar-refractivity contribution < 1.29 is 21.3 Å². The van der Waals surface area contributed by atoms with Gasteiger partial charge in [0.1, 0.15) is 7.05 Å². The van der Waals surface area contributed by atoms with Crippen LogP contribution in [0.5, 0.6) is 0 Å². The molecule has 0 saturated carbocycles. The van der Waals surface area contributed by atoms with Gasteiger partial charge in [0.15, 0.2) is 6.20 Å². The number of para-hydroxylation sites is 1. The fraction of sp³-hybridized carbons (Fsp3) is 0.100. The number of hydrogen-bond donors (Lipinski definition) is 0. The van der Waals surface area contributed by atoms with Crippen LogP contribution in [0.4, 0.5) is 0 Å². The molecular formula is C10H10Br2IN. The van der Waals surface area contributed by atoms with E-state index >= 15 is 0 Å². The molecule has 0 radical (unpaired) electrons. The summed E-state index contributed by atoms with van der Waals surface area (Å²) in [7, 11) is 2.06. The van der Waals surface area contributed by atoms with Crippen LogP contribution in [0, 0.1) is 0 Å². The number of benzene rings is 1. The first kappa shape index (κ1) is 12.4. The second-order valence-corrected chi connectivity index (χ2v) is 12.5. The summed E-state index contributed by atoms with van der Waals surface area (Å²) in [5, 5.41) is 1.29. The zero-order valence-electron chi connectivity index (χ0n) is 7.62. The van der Waals surface area contributed by atoms with Crippen molar-refractivity contribution in [3.63, 3.8) is 0 Å². The van der Waals surface area contributed by atoms with Crippen molar-refractivity contribution in [3.8, 4) is 0 Å². The van der Waals surface area contributed by atoms with Gasteiger partial charge < -0.3 is 0 Å². The number of halogens is 3. The molecule has 2 aromatic rings. The number of hydrogen-bond acceptors (Lipinski definition) is 0. The third kappa shape index (κ3) is 3.47. The number of fused-ring (bicyclic) bond motifs is 1. The molecule has 0 saturated heterocycles. The summed E-state index contributed by atoms with van der Waals surface area (Å²) >= 11 is 6.56. The molecule has 1 nitrogen and oxygen atoms in total. The van der Waals surface area contributed by atoms with E-state index in [0.29, 0.717) is 0 Å². The monoisotopic (exact) mass is 429 g/mol. The number of rotatable bonds is 0. The zero-order valence-corrected chi connectivity index (χ0v) is 13.0. The average Bonchev–Trinajstić information content (AvgIpc) is 2.20. The van der Waals surface area contributed by atoms with Crippen molar-refractivity contribution in [1.82, 2.24) is 0 Å². The molecular weight excluding hydrogens is 421 g/mol. The molecule has 76 valence electrons. The van der Waals surface area contributed by atoms with Gasteiger partial charge in [-0.3, -0.25) is 0 Å². The van der Waals surface area contributed by atoms with E-state index in [-0.39, 0.29) is 16.8 Å². The molecule has 0 spiro atoms. The minimum atomic E-state index is 0.215. The third-order valence-electron chi connectivity index (χ3n) is 1.90. The van der Waals surface area contributed by atoms with E-state index in [9.17, 15) is 0 Å². The molecule has 0 bridgehead atoms. The Morgan fingerprint density at radius 2 is 1.64 bits per heavy atom. The van der Waals surface area contributed by atoms with Crippen LogP contribution >= 0.6 is 25.4 Å². The largest absolute Gasteiger partial charge is 0.212 e. The van der Waals surface area contributed by atoms with Crippen molar-refractivity contribution in [2.24, 2.45) is 7.05 Å². The van der Waals surface area contributed by atoms with Crippen LogP contribution in [0.2, 0.25) is 0 Å². The first-order valence-electron chi connectivity index (χ1n) is 4.00. The van der Waals surface area contributed by atoms with E-state index in [2.05, 4.69) is 79.6 Å². The van der Waals surface area contributed by atoms with Crippen molar-refractivity contribution >= 4 is 36.3 Å². The minimum absolute atomic E-state index is 0.215. The topological polar surface area (TPSA) is 3.88 Å². The van der Waals surface area contributed by atoms with E-state index in [1.165, 1.54) is 10.9 Å². The molecule has 4 heteroatoms. The van der Waals surface area contributed by atoms with E-state index in [1.807, 2.05) is 0 Å². The maximum Gasteiger partial charge on any atom is 0.212 e. The van der Waals surface area contributed by atoms with Crippen LogP contribution in [-0.2, 0) is 7.05 Å². The maximum absolute atomic E-state index is 3.17. The summed E-state index contributed by atoms with van der Waals surface area (Å²) in [6, 6.07) is 12.5. The van der Waals surface area contributed by atoms with Crippen LogP contribution in [0.1, 0.15) is 0 Å². The van der Waals surface area contributed by atoms with Crippen molar-refractivity contribution in [3.05, 3.63) is 42.6 Å². The fourth-order valence-corrected chi connectivity index (χ4v) is 1.31. The molecule has 0 aliphatic rings. The normalized spacial score (nSPS) is 9.64. The second kappa shape index (κ2) is 6.74. The van der Waals surface area contributed by atoms with Gasteiger partial charge in [-0.25, -0.2) is 4.57 Å². The molecule has 0 fully saturated rings. The molecule has 0 atom stereocenters. The second-order valence-electron chi connectivity index (χ2n) is 2.73. The van der Waals surface area contributed by atoms with Gasteiger partial charge in [0, 0.05) is 17.5 Å². The predicted octanol–water partition coefficient (Wildman–Crippen LogP) is 0.360. The molecule has 14 heavy (non-hydrogen) atoms. The van der Waals surface area contributed by atoms with Gasteiger partial charge in [-0.15, -0.1) is 0 Å². The number of nitrogens with zero attached hydrogens (tertiary/aromatic N) is 1. The first-order chi connectivity index (χ1) is 6.79. The number of aryl methyl sites for hydroxylation is 1. The van der Waals surface area contributed by atoms with Crippen molar-refractivity contribution in [1.29, 1.82) is 0 Å². The van der Waals surface area contributed by atoms with Crippen LogP contribution < -0.4 is 21.3 Å². The Morgan fingerprint density at radius 1 is 1.07 bits per heavy atom. The summed E-state index contributed by atoms with van der Waals surface area (Å²) < 4.78 is 2.12. The molecule has 0 aliphatic heterocycles. The molecule has 0 aliphatic carbocycles.